The quantitative estimate of drug-likeness (QED) is 0.377. The number of hydrogen-bond donors (Lipinski definition) is 0. The van der Waals surface area contributed by atoms with Gasteiger partial charge in [-0.3, -0.25) is 19.4 Å². The molecule has 0 saturated heterocycles. The second-order valence-electron chi connectivity index (χ2n) is 6.27. The molecule has 4 aromatic rings. The van der Waals surface area contributed by atoms with Gasteiger partial charge in [0.1, 0.15) is 11.4 Å². The summed E-state index contributed by atoms with van der Waals surface area (Å²) >= 11 is 0. The van der Waals surface area contributed by atoms with Gasteiger partial charge in [-0.15, -0.1) is 0 Å². The summed E-state index contributed by atoms with van der Waals surface area (Å²) in [4.78, 5) is 20.7. The molecule has 136 valence electrons. The van der Waals surface area contributed by atoms with E-state index in [1.807, 2.05) is 41.2 Å². The van der Waals surface area contributed by atoms with Crippen molar-refractivity contribution in [2.24, 2.45) is 0 Å². The van der Waals surface area contributed by atoms with Gasteiger partial charge in [-0.25, -0.2) is 0 Å². The number of benzene rings is 1. The molecule has 0 aliphatic rings. The molecule has 0 aliphatic heterocycles. The molecule has 0 amide bonds. The van der Waals surface area contributed by atoms with E-state index in [0.717, 1.165) is 22.4 Å². The fourth-order valence-corrected chi connectivity index (χ4v) is 2.90. The minimum atomic E-state index is -0.145. The van der Waals surface area contributed by atoms with E-state index in [9.17, 15) is 4.79 Å². The smallest absolute Gasteiger partial charge is 0.204 e. The van der Waals surface area contributed by atoms with Crippen LogP contribution in [0.3, 0.4) is 0 Å². The fourth-order valence-electron chi connectivity index (χ4n) is 2.90. The molecule has 28 heavy (non-hydrogen) atoms. The van der Waals surface area contributed by atoms with Crippen molar-refractivity contribution < 1.29 is 4.79 Å². The third-order valence-electron chi connectivity index (χ3n) is 4.24. The van der Waals surface area contributed by atoms with Gasteiger partial charge in [0.05, 0.1) is 6.54 Å². The number of carbonyl (C=O) groups excluding carboxylic acids is 1. The molecule has 3 aromatic heterocycles. The first kappa shape index (κ1) is 17.5. The third kappa shape index (κ3) is 4.10. The Labute approximate surface area is 163 Å². The lowest BCUT2D eigenvalue weighted by atomic mass is 10.1. The molecule has 5 heteroatoms. The number of carbonyl (C=O) groups is 1. The predicted octanol–water partition coefficient (Wildman–Crippen LogP) is 4.28. The topological polar surface area (TPSA) is 60.7 Å². The highest BCUT2D eigenvalue weighted by Crippen LogP contribution is 2.23. The van der Waals surface area contributed by atoms with E-state index in [4.69, 9.17) is 5.10 Å². The first-order chi connectivity index (χ1) is 13.8. The Kier molecular flexibility index (Phi) is 5.15. The monoisotopic (exact) mass is 366 g/mol. The SMILES string of the molecule is O=C(/C=C/c1cn(Cc2ccccc2)nc1-c1cccnc1)c1ccccn1. The van der Waals surface area contributed by atoms with E-state index in [2.05, 4.69) is 22.1 Å². The van der Waals surface area contributed by atoms with Crippen LogP contribution in [-0.4, -0.2) is 25.5 Å². The van der Waals surface area contributed by atoms with Crippen molar-refractivity contribution in [2.45, 2.75) is 6.54 Å². The lowest BCUT2D eigenvalue weighted by molar-refractivity contribution is 0.104. The Morgan fingerprint density at radius 3 is 2.57 bits per heavy atom. The third-order valence-corrected chi connectivity index (χ3v) is 4.24. The maximum absolute atomic E-state index is 12.4. The molecule has 3 heterocycles. The Morgan fingerprint density at radius 2 is 1.82 bits per heavy atom. The number of ketones is 1. The van der Waals surface area contributed by atoms with Crippen LogP contribution in [0.1, 0.15) is 21.6 Å². The number of rotatable bonds is 6. The van der Waals surface area contributed by atoms with Gasteiger partial charge >= 0.3 is 0 Å². The zero-order valence-electron chi connectivity index (χ0n) is 15.1. The molecule has 0 unspecified atom stereocenters. The zero-order valence-corrected chi connectivity index (χ0v) is 15.1. The first-order valence-corrected chi connectivity index (χ1v) is 8.95. The molecule has 0 bridgehead atoms. The highest BCUT2D eigenvalue weighted by atomic mass is 16.1. The van der Waals surface area contributed by atoms with Gasteiger partial charge in [0.2, 0.25) is 5.78 Å². The summed E-state index contributed by atoms with van der Waals surface area (Å²) in [6.07, 6.45) is 10.4. The van der Waals surface area contributed by atoms with E-state index >= 15 is 0 Å². The van der Waals surface area contributed by atoms with Crippen LogP contribution in [0.5, 0.6) is 0 Å². The van der Waals surface area contributed by atoms with E-state index in [1.165, 1.54) is 6.08 Å². The van der Waals surface area contributed by atoms with Crippen LogP contribution in [0.4, 0.5) is 0 Å². The van der Waals surface area contributed by atoms with Crippen LogP contribution >= 0.6 is 0 Å². The average Bonchev–Trinajstić information content (AvgIpc) is 3.16. The highest BCUT2D eigenvalue weighted by Gasteiger charge is 2.11. The van der Waals surface area contributed by atoms with E-state index in [1.54, 1.807) is 42.9 Å². The molecule has 1 aromatic carbocycles. The van der Waals surface area contributed by atoms with Gasteiger partial charge in [-0.2, -0.15) is 5.10 Å². The van der Waals surface area contributed by atoms with Gasteiger partial charge in [0.15, 0.2) is 0 Å². The fraction of sp³-hybridized carbons (Fsp3) is 0.0435. The summed E-state index contributed by atoms with van der Waals surface area (Å²) in [6.45, 7) is 0.649. The van der Waals surface area contributed by atoms with Crippen molar-refractivity contribution in [1.82, 2.24) is 19.7 Å². The average molecular weight is 366 g/mol. The van der Waals surface area contributed by atoms with Gasteiger partial charge in [-0.1, -0.05) is 36.4 Å². The van der Waals surface area contributed by atoms with Crippen LogP contribution in [0.25, 0.3) is 17.3 Å². The standard InChI is InChI=1S/C23H18N4O/c28-22(21-10-4-5-14-25-21)12-11-20-17-27(16-18-7-2-1-3-8-18)26-23(20)19-9-6-13-24-15-19/h1-15,17H,16H2/b12-11+. The molecule has 0 atom stereocenters. The van der Waals surface area contributed by atoms with Gasteiger partial charge in [-0.05, 0) is 42.0 Å². The number of pyridine rings is 2. The maximum atomic E-state index is 12.4. The van der Waals surface area contributed by atoms with Crippen LogP contribution < -0.4 is 0 Å². The van der Waals surface area contributed by atoms with E-state index in [0.29, 0.717) is 12.2 Å². The molecule has 0 aliphatic carbocycles. The van der Waals surface area contributed by atoms with E-state index in [-0.39, 0.29) is 5.78 Å². The van der Waals surface area contributed by atoms with Gasteiger partial charge in [0.25, 0.3) is 0 Å². The molecule has 0 N–H and O–H groups in total. The Morgan fingerprint density at radius 1 is 0.964 bits per heavy atom. The van der Waals surface area contributed by atoms with Crippen molar-refractivity contribution in [1.29, 1.82) is 0 Å². The van der Waals surface area contributed by atoms with Crippen molar-refractivity contribution in [3.63, 3.8) is 0 Å². The lowest BCUT2D eigenvalue weighted by Gasteiger charge is -2.01. The summed E-state index contributed by atoms with van der Waals surface area (Å²) < 4.78 is 1.88. The molecule has 0 radical (unpaired) electrons. The number of nitrogens with zero attached hydrogens (tertiary/aromatic N) is 4. The summed E-state index contributed by atoms with van der Waals surface area (Å²) in [7, 11) is 0. The van der Waals surface area contributed by atoms with Crippen LogP contribution in [0.15, 0.2) is 91.5 Å². The van der Waals surface area contributed by atoms with Gasteiger partial charge < -0.3 is 0 Å². The molecular weight excluding hydrogens is 348 g/mol. The Hall–Kier alpha value is -3.86. The lowest BCUT2D eigenvalue weighted by Crippen LogP contribution is -2.00. The second-order valence-corrected chi connectivity index (χ2v) is 6.27. The van der Waals surface area contributed by atoms with Crippen molar-refractivity contribution in [3.05, 3.63) is 108 Å². The van der Waals surface area contributed by atoms with Crippen LogP contribution in [0.2, 0.25) is 0 Å². The number of allylic oxidation sites excluding steroid dienone is 1. The molecule has 4 rings (SSSR count). The van der Waals surface area contributed by atoms with Gasteiger partial charge in [0, 0.05) is 35.9 Å². The molecular formula is C23H18N4O. The molecule has 0 saturated carbocycles. The second kappa shape index (κ2) is 8.22. The van der Waals surface area contributed by atoms with Crippen LogP contribution in [-0.2, 0) is 6.54 Å². The maximum Gasteiger partial charge on any atom is 0.204 e. The minimum Gasteiger partial charge on any atom is -0.288 e. The summed E-state index contributed by atoms with van der Waals surface area (Å²) in [5, 5.41) is 4.72. The molecule has 0 fully saturated rings. The van der Waals surface area contributed by atoms with Crippen molar-refractivity contribution in [2.75, 3.05) is 0 Å². The van der Waals surface area contributed by atoms with Crippen molar-refractivity contribution in [3.8, 4) is 11.3 Å². The zero-order chi connectivity index (χ0) is 19.2. The first-order valence-electron chi connectivity index (χ1n) is 8.95. The Balaban J connectivity index is 1.66. The summed E-state index contributed by atoms with van der Waals surface area (Å²) in [5.41, 5.74) is 4.11. The van der Waals surface area contributed by atoms with E-state index < -0.39 is 0 Å². The van der Waals surface area contributed by atoms with Crippen molar-refractivity contribution >= 4 is 11.9 Å². The summed E-state index contributed by atoms with van der Waals surface area (Å²) in [5.74, 6) is -0.145. The van der Waals surface area contributed by atoms with Crippen LogP contribution in [0, 0.1) is 0 Å². The molecule has 5 nitrogen and oxygen atoms in total. The number of aromatic nitrogens is 4. The summed E-state index contributed by atoms with van der Waals surface area (Å²) in [6, 6.07) is 19.2. The molecule has 0 spiro atoms. The largest absolute Gasteiger partial charge is 0.288 e. The predicted molar refractivity (Wildman–Crippen MR) is 109 cm³/mol. The highest BCUT2D eigenvalue weighted by molar-refractivity contribution is 6.05. The number of hydrogen-bond acceptors (Lipinski definition) is 4. The minimum absolute atomic E-state index is 0.145. The normalized spacial score (nSPS) is 11.0. The Bertz CT molecular complexity index is 1090.